The Morgan fingerprint density at radius 3 is 0.556 bits per heavy atom. The van der Waals surface area contributed by atoms with Crippen molar-refractivity contribution in [3.05, 3.63) is 0 Å². The van der Waals surface area contributed by atoms with Crippen molar-refractivity contribution in [2.45, 2.75) is 0 Å². The van der Waals surface area contributed by atoms with Gasteiger partial charge in [0.25, 0.3) is 0 Å². The molecule has 6 rings (SSSR count). The Labute approximate surface area is 53.0 Å². The van der Waals surface area contributed by atoms with Crippen LogP contribution in [0, 0.1) is 47.3 Å². The summed E-state index contributed by atoms with van der Waals surface area (Å²) in [4.78, 5) is 0. The minimum Gasteiger partial charge on any atom is -0.269 e. The van der Waals surface area contributed by atoms with Crippen LogP contribution in [0.4, 0.5) is 4.70 Å². The van der Waals surface area contributed by atoms with Crippen molar-refractivity contribution in [1.82, 2.24) is 0 Å². The van der Waals surface area contributed by atoms with Crippen molar-refractivity contribution in [1.29, 1.82) is 0 Å². The zero-order valence-electron chi connectivity index (χ0n) is 5.03. The lowest BCUT2D eigenvalue weighted by molar-refractivity contribution is -0.565. The summed E-state index contributed by atoms with van der Waals surface area (Å²) in [5.41, 5.74) is 0. The molecule has 48 valence electrons. The van der Waals surface area contributed by atoms with Crippen molar-refractivity contribution >= 4 is 0 Å². The predicted molar refractivity (Wildman–Crippen MR) is 30.4 cm³/mol. The van der Waals surface area contributed by atoms with Gasteiger partial charge in [0.2, 0.25) is 0 Å². The average molecular weight is 124 g/mol. The highest BCUT2D eigenvalue weighted by molar-refractivity contribution is 5.44. The van der Waals surface area contributed by atoms with Gasteiger partial charge >= 0.3 is 0 Å². The number of rotatable bonds is 0. The highest BCUT2D eigenvalue weighted by atomic mass is 19.0. The van der Waals surface area contributed by atoms with E-state index < -0.39 is 0 Å². The van der Waals surface area contributed by atoms with E-state index in [-0.39, 0.29) is 4.70 Å². The van der Waals surface area contributed by atoms with Gasteiger partial charge in [-0.2, -0.15) is 0 Å². The van der Waals surface area contributed by atoms with Gasteiger partial charge in [-0.25, -0.2) is 0 Å². The minimum absolute atomic E-state index is 0. The zero-order valence-corrected chi connectivity index (χ0v) is 5.03. The van der Waals surface area contributed by atoms with Gasteiger partial charge in [-0.1, -0.05) is 0 Å². The Bertz CT molecular complexity index is 115. The van der Waals surface area contributed by atoms with Crippen LogP contribution in [0.3, 0.4) is 0 Å². The third kappa shape index (κ3) is 0.121. The Kier molecular flexibility index (Phi) is 0.292. The molecule has 0 saturated heterocycles. The van der Waals surface area contributed by atoms with E-state index in [0.29, 0.717) is 0 Å². The summed E-state index contributed by atoms with van der Waals surface area (Å²) in [5, 5.41) is 0. The second-order valence-electron chi connectivity index (χ2n) is 4.62. The summed E-state index contributed by atoms with van der Waals surface area (Å²) in [7, 11) is 0. The molecule has 0 aromatic heterocycles. The fourth-order valence-electron chi connectivity index (χ4n) is 5.29. The van der Waals surface area contributed by atoms with E-state index in [9.17, 15) is 0 Å². The molecule has 6 aliphatic rings. The van der Waals surface area contributed by atoms with Gasteiger partial charge in [-0.15, -0.1) is 0 Å². The van der Waals surface area contributed by atoms with Crippen LogP contribution in [0.15, 0.2) is 0 Å². The van der Waals surface area contributed by atoms with Crippen LogP contribution in [-0.2, 0) is 0 Å². The molecule has 0 aliphatic heterocycles. The van der Waals surface area contributed by atoms with Gasteiger partial charge in [0.1, 0.15) is 0 Å². The molecule has 0 N–H and O–H groups in total. The lowest BCUT2D eigenvalue weighted by Gasteiger charge is -3.03. The Hall–Kier alpha value is -0.0700. The Morgan fingerprint density at radius 1 is 0.333 bits per heavy atom. The van der Waals surface area contributed by atoms with E-state index in [4.69, 9.17) is 0 Å². The minimum atomic E-state index is 0. The second kappa shape index (κ2) is 0.665. The first-order valence-corrected chi connectivity index (χ1v) is 4.00. The quantitative estimate of drug-likeness (QED) is 0.454. The SMILES string of the molecule is C12C3C4C1C1C2C3C41.F. The number of halogens is 1. The first-order chi connectivity index (χ1) is 4.00. The van der Waals surface area contributed by atoms with Crippen molar-refractivity contribution in [2.75, 3.05) is 0 Å². The summed E-state index contributed by atoms with van der Waals surface area (Å²) < 4.78 is 0. The maximum Gasteiger partial charge on any atom is -0.0312 e. The largest absolute Gasteiger partial charge is 0.269 e. The van der Waals surface area contributed by atoms with E-state index in [1.807, 2.05) is 0 Å². The van der Waals surface area contributed by atoms with Gasteiger partial charge in [0.05, 0.1) is 0 Å². The second-order valence-corrected chi connectivity index (χ2v) is 4.62. The fraction of sp³-hybridized carbons (Fsp3) is 1.00. The van der Waals surface area contributed by atoms with Crippen LogP contribution in [0.5, 0.6) is 0 Å². The van der Waals surface area contributed by atoms with Crippen molar-refractivity contribution in [3.63, 3.8) is 0 Å². The van der Waals surface area contributed by atoms with E-state index in [0.717, 1.165) is 0 Å². The summed E-state index contributed by atoms with van der Waals surface area (Å²) in [6.45, 7) is 0. The standard InChI is InChI=1S/C8H8.FH/c1-2-5-3(1)7-4(1)6(2)8(5)7;/h1-8H;1H. The molecule has 1 heteroatoms. The van der Waals surface area contributed by atoms with Crippen molar-refractivity contribution < 1.29 is 4.70 Å². The lowest BCUT2D eigenvalue weighted by Crippen LogP contribution is -3.00. The molecule has 0 unspecified atom stereocenters. The molecule has 9 heavy (non-hydrogen) atoms. The summed E-state index contributed by atoms with van der Waals surface area (Å²) in [6.07, 6.45) is 0. The number of hydrogen-bond acceptors (Lipinski definition) is 0. The van der Waals surface area contributed by atoms with E-state index >= 15 is 0 Å². The highest BCUT2D eigenvalue weighted by Gasteiger charge is 2.97. The van der Waals surface area contributed by atoms with Gasteiger partial charge in [-0.3, -0.25) is 4.70 Å². The first kappa shape index (κ1) is 3.95. The van der Waals surface area contributed by atoms with E-state index in [1.54, 1.807) is 0 Å². The molecule has 0 spiro atoms. The van der Waals surface area contributed by atoms with Gasteiger partial charge < -0.3 is 0 Å². The number of hydrogen-bond donors (Lipinski definition) is 0. The Balaban J connectivity index is 0.000000288. The van der Waals surface area contributed by atoms with Crippen LogP contribution >= 0.6 is 0 Å². The smallest absolute Gasteiger partial charge is 0.0312 e. The summed E-state index contributed by atoms with van der Waals surface area (Å²) in [6, 6.07) is 0. The monoisotopic (exact) mass is 124 g/mol. The molecule has 0 nitrogen and oxygen atoms in total. The maximum absolute atomic E-state index is 1.33. The third-order valence-electron chi connectivity index (χ3n) is 5.33. The van der Waals surface area contributed by atoms with Crippen molar-refractivity contribution in [2.24, 2.45) is 47.3 Å². The molecule has 0 amide bonds. The molecule has 0 aromatic rings. The van der Waals surface area contributed by atoms with Crippen LogP contribution in [0.2, 0.25) is 0 Å². The maximum atomic E-state index is 1.33. The van der Waals surface area contributed by atoms with Crippen LogP contribution in [-0.4, -0.2) is 0 Å². The van der Waals surface area contributed by atoms with Gasteiger partial charge in [0.15, 0.2) is 0 Å². The molecule has 6 fully saturated rings. The predicted octanol–water partition coefficient (Wildman–Crippen LogP) is 1.14. The third-order valence-corrected chi connectivity index (χ3v) is 5.33. The highest BCUT2D eigenvalue weighted by Crippen LogP contribution is 3.00. The molecule has 0 aromatic carbocycles. The topological polar surface area (TPSA) is 0 Å². The zero-order chi connectivity index (χ0) is 4.62. The molecular weight excluding hydrogens is 115 g/mol. The Morgan fingerprint density at radius 2 is 0.444 bits per heavy atom. The molecule has 0 radical (unpaired) electrons. The molecule has 0 heterocycles. The molecular formula is C8H9F. The molecule has 0 bridgehead atoms. The molecule has 6 saturated carbocycles. The fourth-order valence-corrected chi connectivity index (χ4v) is 5.29. The van der Waals surface area contributed by atoms with Gasteiger partial charge in [0, 0.05) is 0 Å². The lowest BCUT2D eigenvalue weighted by atomic mass is 9.01. The van der Waals surface area contributed by atoms with Gasteiger partial charge in [-0.05, 0) is 47.3 Å². The average Bonchev–Trinajstić information content (AvgIpc) is 1.90. The van der Waals surface area contributed by atoms with E-state index in [1.165, 1.54) is 47.3 Å². The summed E-state index contributed by atoms with van der Waals surface area (Å²) in [5.74, 6) is 10.7. The van der Waals surface area contributed by atoms with Crippen LogP contribution in [0.25, 0.3) is 0 Å². The molecule has 0 atom stereocenters. The van der Waals surface area contributed by atoms with Crippen LogP contribution < -0.4 is 0 Å². The van der Waals surface area contributed by atoms with Crippen molar-refractivity contribution in [3.8, 4) is 0 Å². The normalized spacial score (nSPS) is 96.0. The molecule has 6 aliphatic carbocycles. The van der Waals surface area contributed by atoms with Crippen LogP contribution in [0.1, 0.15) is 0 Å². The summed E-state index contributed by atoms with van der Waals surface area (Å²) >= 11 is 0. The van der Waals surface area contributed by atoms with E-state index in [2.05, 4.69) is 0 Å². The first-order valence-electron chi connectivity index (χ1n) is 4.00.